The summed E-state index contributed by atoms with van der Waals surface area (Å²) in [6, 6.07) is 0. The first-order chi connectivity index (χ1) is 4.33. The lowest BCUT2D eigenvalue weighted by molar-refractivity contribution is 0.854. The van der Waals surface area contributed by atoms with Crippen LogP contribution in [0, 0.1) is 0 Å². The molecule has 0 aliphatic rings. The molecule has 0 aliphatic heterocycles. The predicted molar refractivity (Wildman–Crippen MR) is 30.8 cm³/mol. The van der Waals surface area contributed by atoms with Gasteiger partial charge < -0.3 is 0 Å². The summed E-state index contributed by atoms with van der Waals surface area (Å²) < 4.78 is 0. The highest BCUT2D eigenvalue weighted by Gasteiger charge is 1.93. The van der Waals surface area contributed by atoms with Crippen LogP contribution in [0.15, 0.2) is 6.33 Å². The Morgan fingerprint density at radius 2 is 2.33 bits per heavy atom. The van der Waals surface area contributed by atoms with Crippen molar-refractivity contribution < 1.29 is 0 Å². The lowest BCUT2D eigenvalue weighted by Crippen LogP contribution is -2.09. The van der Waals surface area contributed by atoms with Crippen LogP contribution in [0.3, 0.4) is 0 Å². The molecule has 1 aromatic heterocycles. The molecule has 0 amide bonds. The molecular weight excluding hydrogens is 142 g/mol. The third-order valence-corrected chi connectivity index (χ3v) is 0.827. The number of hydrogen-bond donors (Lipinski definition) is 1. The molecule has 2 N–H and O–H groups in total. The average Bonchev–Trinajstić information content (AvgIpc) is 1.88. The molecule has 6 heteroatoms. The van der Waals surface area contributed by atoms with Gasteiger partial charge >= 0.3 is 0 Å². The zero-order chi connectivity index (χ0) is 6.69. The van der Waals surface area contributed by atoms with Gasteiger partial charge in [-0.05, 0) is 11.6 Å². The minimum Gasteiger partial charge on any atom is -0.224 e. The maximum atomic E-state index is 5.35. The lowest BCUT2D eigenvalue weighted by Gasteiger charge is -1.90. The van der Waals surface area contributed by atoms with E-state index >= 15 is 0 Å². The van der Waals surface area contributed by atoms with E-state index in [1.165, 1.54) is 6.33 Å². The van der Waals surface area contributed by atoms with Crippen LogP contribution in [0.25, 0.3) is 0 Å². The number of aromatic nitrogens is 3. The molecule has 47 valence electrons. The van der Waals surface area contributed by atoms with E-state index in [1.54, 1.807) is 0 Å². The van der Waals surface area contributed by atoms with E-state index in [9.17, 15) is 0 Å². The lowest BCUT2D eigenvalue weighted by atomic mass is 11.0. The molecule has 0 bridgehead atoms. The number of rotatable bonds is 1. The highest BCUT2D eigenvalue weighted by atomic mass is 35.5. The van der Waals surface area contributed by atoms with E-state index in [0.29, 0.717) is 0 Å². The highest BCUT2D eigenvalue weighted by molar-refractivity contribution is 6.28. The Kier molecular flexibility index (Phi) is 1.76. The number of halogens is 1. The summed E-state index contributed by atoms with van der Waals surface area (Å²) in [5.74, 6) is 4.97. The van der Waals surface area contributed by atoms with E-state index in [-0.39, 0.29) is 11.2 Å². The molecular formula is C3H3ClN5. The van der Waals surface area contributed by atoms with Crippen LogP contribution in [0.1, 0.15) is 0 Å². The van der Waals surface area contributed by atoms with Crippen LogP contribution in [0.5, 0.6) is 0 Å². The maximum absolute atomic E-state index is 5.35. The Labute approximate surface area is 56.3 Å². The van der Waals surface area contributed by atoms with Gasteiger partial charge in [-0.2, -0.15) is 15.4 Å². The topological polar surface area (TPSA) is 78.8 Å². The molecule has 0 unspecified atom stereocenters. The molecule has 0 aromatic carbocycles. The normalized spacial score (nSPS) is 9.11. The van der Waals surface area contributed by atoms with E-state index in [4.69, 9.17) is 17.4 Å². The van der Waals surface area contributed by atoms with Crippen LogP contribution >= 0.6 is 11.6 Å². The first-order valence-corrected chi connectivity index (χ1v) is 2.46. The zero-order valence-corrected chi connectivity index (χ0v) is 5.08. The molecule has 1 heterocycles. The fourth-order valence-electron chi connectivity index (χ4n) is 0.331. The van der Waals surface area contributed by atoms with Gasteiger partial charge in [-0.3, -0.25) is 0 Å². The van der Waals surface area contributed by atoms with E-state index in [2.05, 4.69) is 20.4 Å². The van der Waals surface area contributed by atoms with Gasteiger partial charge in [0.1, 0.15) is 6.33 Å². The van der Waals surface area contributed by atoms with Gasteiger partial charge in [0.05, 0.1) is 0 Å². The van der Waals surface area contributed by atoms with Crippen molar-refractivity contribution in [1.82, 2.24) is 20.4 Å². The molecule has 9 heavy (non-hydrogen) atoms. The molecule has 0 aliphatic carbocycles. The second-order valence-electron chi connectivity index (χ2n) is 1.18. The first-order valence-electron chi connectivity index (χ1n) is 2.08. The summed E-state index contributed by atoms with van der Waals surface area (Å²) in [5, 5.41) is 0.0919. The molecule has 1 aromatic rings. The first kappa shape index (κ1) is 6.18. The van der Waals surface area contributed by atoms with Crippen molar-refractivity contribution in [2.24, 2.45) is 5.84 Å². The highest BCUT2D eigenvalue weighted by Crippen LogP contribution is 1.99. The van der Waals surface area contributed by atoms with Gasteiger partial charge in [-0.15, -0.1) is 0 Å². The smallest absolute Gasteiger partial charge is 0.224 e. The third kappa shape index (κ3) is 1.48. The van der Waals surface area contributed by atoms with Gasteiger partial charge in [0.2, 0.25) is 5.28 Å². The van der Waals surface area contributed by atoms with Gasteiger partial charge in [-0.1, -0.05) is 0 Å². The van der Waals surface area contributed by atoms with Crippen molar-refractivity contribution >= 4 is 17.5 Å². The van der Waals surface area contributed by atoms with Gasteiger partial charge in [0, 0.05) is 0 Å². The second-order valence-corrected chi connectivity index (χ2v) is 1.52. The van der Waals surface area contributed by atoms with Crippen LogP contribution in [-0.2, 0) is 0 Å². The Bertz CT molecular complexity index is 201. The van der Waals surface area contributed by atoms with E-state index < -0.39 is 0 Å². The summed E-state index contributed by atoms with van der Waals surface area (Å²) in [5.41, 5.74) is 3.18. The van der Waals surface area contributed by atoms with Crippen molar-refractivity contribution in [3.8, 4) is 0 Å². The van der Waals surface area contributed by atoms with Crippen molar-refractivity contribution in [2.75, 3.05) is 0 Å². The summed E-state index contributed by atoms with van der Waals surface area (Å²) >= 11 is 5.35. The largest absolute Gasteiger partial charge is 0.265 e. The predicted octanol–water partition coefficient (Wildman–Crippen LogP) is -0.365. The second kappa shape index (κ2) is 2.56. The third-order valence-electron chi connectivity index (χ3n) is 0.645. The average molecular weight is 145 g/mol. The number of hydrogen-bond acceptors (Lipinski definition) is 4. The van der Waals surface area contributed by atoms with Crippen molar-refractivity contribution in [3.05, 3.63) is 11.6 Å². The van der Waals surface area contributed by atoms with Crippen LogP contribution in [0.4, 0.5) is 5.95 Å². The van der Waals surface area contributed by atoms with Crippen LogP contribution in [-0.4, -0.2) is 15.0 Å². The minimum absolute atomic E-state index is 0.0919. The van der Waals surface area contributed by atoms with Gasteiger partial charge in [-0.25, -0.2) is 10.8 Å². The molecule has 5 nitrogen and oxygen atoms in total. The molecule has 0 saturated carbocycles. The van der Waals surface area contributed by atoms with E-state index in [1.807, 2.05) is 0 Å². The monoisotopic (exact) mass is 144 g/mol. The zero-order valence-electron chi connectivity index (χ0n) is 4.32. The van der Waals surface area contributed by atoms with Gasteiger partial charge in [0.25, 0.3) is 5.95 Å². The molecule has 0 spiro atoms. The summed E-state index contributed by atoms with van der Waals surface area (Å²) in [6.07, 6.45) is 1.24. The summed E-state index contributed by atoms with van der Waals surface area (Å²) in [4.78, 5) is 10.6. The summed E-state index contributed by atoms with van der Waals surface area (Å²) in [6.45, 7) is 0. The van der Waals surface area contributed by atoms with Crippen molar-refractivity contribution in [3.63, 3.8) is 0 Å². The quantitative estimate of drug-likeness (QED) is 0.431. The minimum atomic E-state index is 0.0919. The Hall–Kier alpha value is -0.940. The number of nitrogens with two attached hydrogens (primary N) is 1. The Morgan fingerprint density at radius 3 is 2.78 bits per heavy atom. The van der Waals surface area contributed by atoms with Crippen LogP contribution in [0.2, 0.25) is 5.28 Å². The molecule has 0 saturated heterocycles. The van der Waals surface area contributed by atoms with Gasteiger partial charge in [0.15, 0.2) is 0 Å². The van der Waals surface area contributed by atoms with Crippen molar-refractivity contribution in [2.45, 2.75) is 0 Å². The Balaban J connectivity index is 2.94. The molecule has 1 radical (unpaired) electrons. The van der Waals surface area contributed by atoms with E-state index in [0.717, 1.165) is 0 Å². The standard InChI is InChI=1S/C3H3ClN5/c4-2-6-1-7-3(8-2)9-5/h1H,5H2. The SMILES string of the molecule is N[N]c1ncnc(Cl)n1. The molecule has 0 fully saturated rings. The maximum Gasteiger partial charge on any atom is 0.265 e. The number of nitrogens with zero attached hydrogens (tertiary/aromatic N) is 4. The summed E-state index contributed by atoms with van der Waals surface area (Å²) in [7, 11) is 0. The molecule has 1 rings (SSSR count). The molecule has 0 atom stereocenters. The fraction of sp³-hybridized carbons (Fsp3) is 0. The Morgan fingerprint density at radius 1 is 1.56 bits per heavy atom. The van der Waals surface area contributed by atoms with Crippen LogP contribution < -0.4 is 11.3 Å². The fourth-order valence-corrected chi connectivity index (χ4v) is 0.450. The van der Waals surface area contributed by atoms with Crippen molar-refractivity contribution in [1.29, 1.82) is 0 Å².